The second-order valence-electron chi connectivity index (χ2n) is 7.49. The van der Waals surface area contributed by atoms with Crippen LogP contribution in [0.4, 0.5) is 4.39 Å². The summed E-state index contributed by atoms with van der Waals surface area (Å²) in [5.41, 5.74) is 2.08. The van der Waals surface area contributed by atoms with E-state index in [2.05, 4.69) is 33.4 Å². The highest BCUT2D eigenvalue weighted by Gasteiger charge is 2.23. The SMILES string of the molecule is C[C@@H]1CCc2sc(-c3nnc(S[C@H](C)c4nnc(-c5ccc(F)cc5)o4)o3)cc2C1. The average molecular weight is 443 g/mol. The summed E-state index contributed by atoms with van der Waals surface area (Å²) in [6, 6.07) is 8.13. The van der Waals surface area contributed by atoms with Crippen LogP contribution in [0.1, 0.15) is 41.8 Å². The molecule has 0 unspecified atom stereocenters. The Morgan fingerprint density at radius 1 is 1.10 bits per heavy atom. The first kappa shape index (κ1) is 19.4. The van der Waals surface area contributed by atoms with Crippen molar-refractivity contribution >= 4 is 23.1 Å². The van der Waals surface area contributed by atoms with E-state index in [4.69, 9.17) is 8.83 Å². The smallest absolute Gasteiger partial charge is 0.277 e. The minimum Gasteiger partial charge on any atom is -0.419 e. The quantitative estimate of drug-likeness (QED) is 0.353. The zero-order valence-corrected chi connectivity index (χ0v) is 18.1. The molecule has 0 saturated heterocycles. The Labute approximate surface area is 180 Å². The lowest BCUT2D eigenvalue weighted by atomic mass is 9.90. The Hall–Kier alpha value is -2.52. The second kappa shape index (κ2) is 7.96. The number of halogens is 1. The maximum absolute atomic E-state index is 13.1. The van der Waals surface area contributed by atoms with Crippen LogP contribution in [0.15, 0.2) is 44.4 Å². The van der Waals surface area contributed by atoms with Crippen molar-refractivity contribution in [2.45, 2.75) is 43.6 Å². The molecule has 0 saturated carbocycles. The fraction of sp³-hybridized carbons (Fsp3) is 0.333. The van der Waals surface area contributed by atoms with Gasteiger partial charge in [0.05, 0.1) is 10.1 Å². The number of thioether (sulfide) groups is 1. The maximum atomic E-state index is 13.1. The monoisotopic (exact) mass is 442 g/mol. The molecule has 0 N–H and O–H groups in total. The molecule has 0 bridgehead atoms. The van der Waals surface area contributed by atoms with Gasteiger partial charge in [-0.05, 0) is 68.0 Å². The summed E-state index contributed by atoms with van der Waals surface area (Å²) in [6.07, 6.45) is 3.48. The van der Waals surface area contributed by atoms with Crippen LogP contribution in [0.2, 0.25) is 0 Å². The van der Waals surface area contributed by atoms with Crippen molar-refractivity contribution in [3.63, 3.8) is 0 Å². The van der Waals surface area contributed by atoms with Crippen molar-refractivity contribution in [1.29, 1.82) is 0 Å². The first-order chi connectivity index (χ1) is 14.5. The van der Waals surface area contributed by atoms with Gasteiger partial charge in [-0.15, -0.1) is 31.7 Å². The molecule has 154 valence electrons. The van der Waals surface area contributed by atoms with Crippen LogP contribution in [0.25, 0.3) is 22.2 Å². The first-order valence-electron chi connectivity index (χ1n) is 9.76. The predicted molar refractivity (Wildman–Crippen MR) is 113 cm³/mol. The summed E-state index contributed by atoms with van der Waals surface area (Å²) in [7, 11) is 0. The molecular formula is C21H19FN4O2S2. The number of rotatable bonds is 5. The molecule has 1 aliphatic carbocycles. The molecule has 0 spiro atoms. The number of hydrogen-bond donors (Lipinski definition) is 0. The minimum atomic E-state index is -0.310. The number of hydrogen-bond acceptors (Lipinski definition) is 8. The van der Waals surface area contributed by atoms with Crippen LogP contribution >= 0.6 is 23.1 Å². The van der Waals surface area contributed by atoms with E-state index in [1.54, 1.807) is 23.5 Å². The normalized spacial score (nSPS) is 17.1. The van der Waals surface area contributed by atoms with Crippen molar-refractivity contribution in [2.24, 2.45) is 5.92 Å². The van der Waals surface area contributed by atoms with E-state index in [0.29, 0.717) is 28.5 Å². The van der Waals surface area contributed by atoms with Crippen molar-refractivity contribution in [3.8, 4) is 22.2 Å². The van der Waals surface area contributed by atoms with E-state index in [1.807, 2.05) is 6.92 Å². The highest BCUT2D eigenvalue weighted by Crippen LogP contribution is 2.39. The van der Waals surface area contributed by atoms with Gasteiger partial charge in [-0.25, -0.2) is 4.39 Å². The molecule has 3 aromatic heterocycles. The van der Waals surface area contributed by atoms with Crippen LogP contribution in [-0.2, 0) is 12.8 Å². The number of aryl methyl sites for hydroxylation is 1. The Kier molecular flexibility index (Phi) is 5.16. The molecule has 4 aromatic rings. The summed E-state index contributed by atoms with van der Waals surface area (Å²) in [4.78, 5) is 2.46. The Morgan fingerprint density at radius 2 is 1.90 bits per heavy atom. The third-order valence-electron chi connectivity index (χ3n) is 5.10. The number of fused-ring (bicyclic) bond motifs is 1. The summed E-state index contributed by atoms with van der Waals surface area (Å²) in [6.45, 7) is 4.23. The number of benzene rings is 1. The summed E-state index contributed by atoms with van der Waals surface area (Å²) in [5, 5.41) is 16.9. The minimum absolute atomic E-state index is 0.169. The summed E-state index contributed by atoms with van der Waals surface area (Å²) in [5.74, 6) is 1.76. The van der Waals surface area contributed by atoms with Gasteiger partial charge < -0.3 is 8.83 Å². The molecule has 1 aromatic carbocycles. The molecule has 2 atom stereocenters. The third kappa shape index (κ3) is 3.91. The Morgan fingerprint density at radius 3 is 2.73 bits per heavy atom. The molecule has 30 heavy (non-hydrogen) atoms. The van der Waals surface area contributed by atoms with Crippen molar-refractivity contribution in [2.75, 3.05) is 0 Å². The molecule has 0 aliphatic heterocycles. The largest absolute Gasteiger partial charge is 0.419 e. The Bertz CT molecular complexity index is 1170. The van der Waals surface area contributed by atoms with Gasteiger partial charge in [0.2, 0.25) is 11.8 Å². The van der Waals surface area contributed by atoms with Crippen molar-refractivity contribution < 1.29 is 13.2 Å². The van der Waals surface area contributed by atoms with Crippen molar-refractivity contribution in [1.82, 2.24) is 20.4 Å². The lowest BCUT2D eigenvalue weighted by molar-refractivity contribution is 0.462. The van der Waals surface area contributed by atoms with E-state index in [1.165, 1.54) is 40.8 Å². The molecule has 0 amide bonds. The fourth-order valence-corrected chi connectivity index (χ4v) is 5.32. The van der Waals surface area contributed by atoms with Gasteiger partial charge in [0.25, 0.3) is 11.1 Å². The van der Waals surface area contributed by atoms with Gasteiger partial charge in [0, 0.05) is 10.4 Å². The second-order valence-corrected chi connectivity index (χ2v) is 9.92. The third-order valence-corrected chi connectivity index (χ3v) is 7.25. The van der Waals surface area contributed by atoms with E-state index in [-0.39, 0.29) is 11.1 Å². The molecule has 1 aliphatic rings. The topological polar surface area (TPSA) is 77.8 Å². The summed E-state index contributed by atoms with van der Waals surface area (Å²) >= 11 is 3.11. The van der Waals surface area contributed by atoms with Crippen molar-refractivity contribution in [3.05, 3.63) is 52.5 Å². The van der Waals surface area contributed by atoms with Crippen LogP contribution < -0.4 is 0 Å². The van der Waals surface area contributed by atoms with Gasteiger partial charge in [-0.2, -0.15) is 0 Å². The fourth-order valence-electron chi connectivity index (χ4n) is 3.48. The predicted octanol–water partition coefficient (Wildman–Crippen LogP) is 5.97. The average Bonchev–Trinajstić information content (AvgIpc) is 3.47. The van der Waals surface area contributed by atoms with Gasteiger partial charge >= 0.3 is 0 Å². The van der Waals surface area contributed by atoms with E-state index in [0.717, 1.165) is 23.6 Å². The maximum Gasteiger partial charge on any atom is 0.277 e. The highest BCUT2D eigenvalue weighted by atomic mass is 32.2. The molecule has 5 rings (SSSR count). The lowest BCUT2D eigenvalue weighted by Gasteiger charge is -2.16. The number of nitrogens with zero attached hydrogens (tertiary/aromatic N) is 4. The molecular weight excluding hydrogens is 423 g/mol. The van der Waals surface area contributed by atoms with Gasteiger partial charge in [0.15, 0.2) is 0 Å². The molecule has 0 fully saturated rings. The van der Waals surface area contributed by atoms with Crippen LogP contribution in [0.5, 0.6) is 0 Å². The van der Waals surface area contributed by atoms with Crippen LogP contribution in [0.3, 0.4) is 0 Å². The van der Waals surface area contributed by atoms with Gasteiger partial charge in [0.1, 0.15) is 5.82 Å². The highest BCUT2D eigenvalue weighted by molar-refractivity contribution is 7.99. The summed E-state index contributed by atoms with van der Waals surface area (Å²) < 4.78 is 24.7. The van der Waals surface area contributed by atoms with E-state index >= 15 is 0 Å². The Balaban J connectivity index is 1.29. The van der Waals surface area contributed by atoms with Crippen LogP contribution in [-0.4, -0.2) is 20.4 Å². The molecule has 3 heterocycles. The lowest BCUT2D eigenvalue weighted by Crippen LogP contribution is -2.07. The standard InChI is InChI=1S/C21H19FN4O2S2/c1-11-3-8-16-14(9-11)10-17(30-16)20-25-26-21(28-20)29-12(2)18-23-24-19(27-18)13-4-6-15(22)7-5-13/h4-7,10-12H,3,8-9H2,1-2H3/t11-,12-/m1/s1. The zero-order valence-electron chi connectivity index (χ0n) is 16.5. The number of thiophene rings is 1. The number of aromatic nitrogens is 4. The van der Waals surface area contributed by atoms with E-state index < -0.39 is 0 Å². The first-order valence-corrected chi connectivity index (χ1v) is 11.5. The molecule has 0 radical (unpaired) electrons. The molecule has 9 heteroatoms. The van der Waals surface area contributed by atoms with Gasteiger partial charge in [-0.1, -0.05) is 18.7 Å². The van der Waals surface area contributed by atoms with E-state index in [9.17, 15) is 4.39 Å². The molecule has 6 nitrogen and oxygen atoms in total. The zero-order chi connectivity index (χ0) is 20.7. The van der Waals surface area contributed by atoms with Gasteiger partial charge in [-0.3, -0.25) is 0 Å². The van der Waals surface area contributed by atoms with Crippen LogP contribution in [0, 0.1) is 11.7 Å².